The van der Waals surface area contributed by atoms with Crippen LogP contribution < -0.4 is 10.1 Å². The summed E-state index contributed by atoms with van der Waals surface area (Å²) in [5.74, 6) is -0.637. The van der Waals surface area contributed by atoms with Crippen LogP contribution in [0.5, 0.6) is 5.75 Å². The van der Waals surface area contributed by atoms with E-state index >= 15 is 0 Å². The van der Waals surface area contributed by atoms with E-state index in [0.29, 0.717) is 17.9 Å². The Hall–Kier alpha value is -2.01. The molecule has 0 aromatic heterocycles. The van der Waals surface area contributed by atoms with Gasteiger partial charge in [0.15, 0.2) is 11.6 Å². The number of anilines is 1. The number of hydrogen-bond acceptors (Lipinski definition) is 3. The van der Waals surface area contributed by atoms with Gasteiger partial charge in [0.1, 0.15) is 0 Å². The first kappa shape index (κ1) is 14.4. The average molecular weight is 291 g/mol. The zero-order valence-electron chi connectivity index (χ0n) is 10.9. The number of halogens is 1. The fourth-order valence-electron chi connectivity index (χ4n) is 1.67. The minimum absolute atomic E-state index is 0.171. The van der Waals surface area contributed by atoms with Crippen molar-refractivity contribution >= 4 is 24.2 Å². The highest BCUT2D eigenvalue weighted by Crippen LogP contribution is 2.21. The molecule has 0 aliphatic carbocycles. The molecule has 0 unspecified atom stereocenters. The molecular weight excluding hydrogens is 277 g/mol. The third-order valence-electron chi connectivity index (χ3n) is 2.62. The number of benzene rings is 2. The summed E-state index contributed by atoms with van der Waals surface area (Å²) < 4.78 is 18.8. The lowest BCUT2D eigenvalue weighted by atomic mass is 10.2. The van der Waals surface area contributed by atoms with Crippen LogP contribution in [-0.4, -0.2) is 12.5 Å². The summed E-state index contributed by atoms with van der Waals surface area (Å²) in [6.45, 7) is 2.17. The molecule has 0 atom stereocenters. The summed E-state index contributed by atoms with van der Waals surface area (Å²) in [5, 5.41) is 2.63. The number of amides is 1. The van der Waals surface area contributed by atoms with Crippen LogP contribution in [0.2, 0.25) is 0 Å². The molecule has 5 heteroatoms. The minimum atomic E-state index is -0.504. The number of nitrogens with one attached hydrogen (secondary N) is 1. The maximum atomic E-state index is 13.7. The first-order chi connectivity index (χ1) is 9.60. The van der Waals surface area contributed by atoms with Gasteiger partial charge in [0.25, 0.3) is 5.91 Å². The van der Waals surface area contributed by atoms with Crippen molar-refractivity contribution in [3.63, 3.8) is 0 Å². The molecule has 2 rings (SSSR count). The molecule has 2 aromatic carbocycles. The maximum Gasteiger partial charge on any atom is 0.255 e. The Morgan fingerprint density at radius 2 is 1.95 bits per heavy atom. The van der Waals surface area contributed by atoms with Crippen LogP contribution in [0.4, 0.5) is 10.1 Å². The molecule has 1 amide bonds. The SMILES string of the molecule is CCOc1ccc(NC(=O)c2ccc(S)cc2)cc1F. The summed E-state index contributed by atoms with van der Waals surface area (Å²) in [6.07, 6.45) is 0. The number of thiol groups is 1. The van der Waals surface area contributed by atoms with Crippen LogP contribution in [0.1, 0.15) is 17.3 Å². The normalized spacial score (nSPS) is 10.2. The molecule has 0 bridgehead atoms. The van der Waals surface area contributed by atoms with Crippen molar-refractivity contribution in [2.45, 2.75) is 11.8 Å². The van der Waals surface area contributed by atoms with Gasteiger partial charge in [0, 0.05) is 22.2 Å². The van der Waals surface area contributed by atoms with Crippen LogP contribution >= 0.6 is 12.6 Å². The number of carbonyl (C=O) groups is 1. The topological polar surface area (TPSA) is 38.3 Å². The van der Waals surface area contributed by atoms with E-state index in [1.165, 1.54) is 12.1 Å². The Labute approximate surface area is 122 Å². The highest BCUT2D eigenvalue weighted by atomic mass is 32.1. The summed E-state index contributed by atoms with van der Waals surface area (Å²) in [5.41, 5.74) is 0.864. The highest BCUT2D eigenvalue weighted by Gasteiger charge is 2.08. The van der Waals surface area contributed by atoms with Crippen molar-refractivity contribution < 1.29 is 13.9 Å². The quantitative estimate of drug-likeness (QED) is 0.842. The molecule has 0 saturated heterocycles. The second-order valence-electron chi connectivity index (χ2n) is 4.08. The Morgan fingerprint density at radius 1 is 1.25 bits per heavy atom. The zero-order chi connectivity index (χ0) is 14.5. The Kier molecular flexibility index (Phi) is 4.63. The molecule has 2 aromatic rings. The van der Waals surface area contributed by atoms with Crippen LogP contribution in [0.3, 0.4) is 0 Å². The predicted molar refractivity (Wildman–Crippen MR) is 79.2 cm³/mol. The summed E-state index contributed by atoms with van der Waals surface area (Å²) >= 11 is 4.15. The van der Waals surface area contributed by atoms with E-state index in [0.717, 1.165) is 4.90 Å². The van der Waals surface area contributed by atoms with Crippen LogP contribution in [0.15, 0.2) is 47.4 Å². The molecule has 0 saturated carbocycles. The van der Waals surface area contributed by atoms with Crippen LogP contribution in [-0.2, 0) is 0 Å². The van der Waals surface area contributed by atoms with Gasteiger partial charge in [-0.1, -0.05) is 0 Å². The molecule has 0 aliphatic heterocycles. The summed E-state index contributed by atoms with van der Waals surface area (Å²) in [7, 11) is 0. The van der Waals surface area contributed by atoms with Crippen LogP contribution in [0.25, 0.3) is 0 Å². The van der Waals surface area contributed by atoms with Gasteiger partial charge in [-0.15, -0.1) is 12.6 Å². The van der Waals surface area contributed by atoms with Crippen molar-refractivity contribution in [2.24, 2.45) is 0 Å². The maximum absolute atomic E-state index is 13.7. The van der Waals surface area contributed by atoms with E-state index in [2.05, 4.69) is 17.9 Å². The number of ether oxygens (including phenoxy) is 1. The summed E-state index contributed by atoms with van der Waals surface area (Å²) in [6, 6.07) is 11.1. The Morgan fingerprint density at radius 3 is 2.55 bits per heavy atom. The van der Waals surface area contributed by atoms with Crippen molar-refractivity contribution in [1.82, 2.24) is 0 Å². The molecule has 0 radical (unpaired) electrons. The highest BCUT2D eigenvalue weighted by molar-refractivity contribution is 7.80. The monoisotopic (exact) mass is 291 g/mol. The first-order valence-corrected chi connectivity index (χ1v) is 6.57. The van der Waals surface area contributed by atoms with Crippen LogP contribution in [0, 0.1) is 5.82 Å². The Balaban J connectivity index is 2.11. The van der Waals surface area contributed by atoms with E-state index in [1.807, 2.05) is 0 Å². The van der Waals surface area contributed by atoms with Gasteiger partial charge >= 0.3 is 0 Å². The fourth-order valence-corrected chi connectivity index (χ4v) is 1.82. The second kappa shape index (κ2) is 6.43. The van der Waals surface area contributed by atoms with Crippen molar-refractivity contribution in [2.75, 3.05) is 11.9 Å². The van der Waals surface area contributed by atoms with E-state index in [4.69, 9.17) is 4.74 Å². The standard InChI is InChI=1S/C15H14FNO2S/c1-2-19-14-8-5-11(9-13(14)16)17-15(18)10-3-6-12(20)7-4-10/h3-9,20H,2H2,1H3,(H,17,18). The number of hydrogen-bond donors (Lipinski definition) is 2. The third kappa shape index (κ3) is 3.51. The molecule has 0 fully saturated rings. The van der Waals surface area contributed by atoms with Gasteiger partial charge in [0.2, 0.25) is 0 Å². The number of carbonyl (C=O) groups excluding carboxylic acids is 1. The molecule has 3 nitrogen and oxygen atoms in total. The van der Waals surface area contributed by atoms with Gasteiger partial charge in [-0.05, 0) is 43.3 Å². The summed E-state index contributed by atoms with van der Waals surface area (Å²) in [4.78, 5) is 12.7. The van der Waals surface area contributed by atoms with Crippen molar-refractivity contribution in [3.8, 4) is 5.75 Å². The zero-order valence-corrected chi connectivity index (χ0v) is 11.8. The molecule has 0 heterocycles. The van der Waals surface area contributed by atoms with Crippen molar-refractivity contribution in [3.05, 3.63) is 53.8 Å². The second-order valence-corrected chi connectivity index (χ2v) is 4.60. The fraction of sp³-hybridized carbons (Fsp3) is 0.133. The lowest BCUT2D eigenvalue weighted by Crippen LogP contribution is -2.12. The molecule has 104 valence electrons. The molecular formula is C15H14FNO2S. The molecule has 0 spiro atoms. The van der Waals surface area contributed by atoms with Gasteiger partial charge in [0.05, 0.1) is 6.61 Å². The first-order valence-electron chi connectivity index (χ1n) is 6.13. The lowest BCUT2D eigenvalue weighted by Gasteiger charge is -2.08. The Bertz CT molecular complexity index is 614. The van der Waals surface area contributed by atoms with Gasteiger partial charge in [-0.3, -0.25) is 4.79 Å². The van der Waals surface area contributed by atoms with Crippen molar-refractivity contribution in [1.29, 1.82) is 0 Å². The smallest absolute Gasteiger partial charge is 0.255 e. The molecule has 1 N–H and O–H groups in total. The van der Waals surface area contributed by atoms with E-state index in [-0.39, 0.29) is 11.7 Å². The van der Waals surface area contributed by atoms with E-state index in [1.54, 1.807) is 37.3 Å². The molecule has 0 aliphatic rings. The largest absolute Gasteiger partial charge is 0.491 e. The van der Waals surface area contributed by atoms with E-state index in [9.17, 15) is 9.18 Å². The average Bonchev–Trinajstić information content (AvgIpc) is 2.42. The molecule has 20 heavy (non-hydrogen) atoms. The van der Waals surface area contributed by atoms with E-state index < -0.39 is 5.82 Å². The lowest BCUT2D eigenvalue weighted by molar-refractivity contribution is 0.102. The number of rotatable bonds is 4. The predicted octanol–water partition coefficient (Wildman–Crippen LogP) is 3.77. The van der Waals surface area contributed by atoms with Gasteiger partial charge in [-0.25, -0.2) is 4.39 Å². The van der Waals surface area contributed by atoms with Gasteiger partial charge in [-0.2, -0.15) is 0 Å². The van der Waals surface area contributed by atoms with Gasteiger partial charge < -0.3 is 10.1 Å². The minimum Gasteiger partial charge on any atom is -0.491 e. The third-order valence-corrected chi connectivity index (χ3v) is 2.92.